The Bertz CT molecular complexity index is 1700. The minimum Gasteiger partial charge on any atom is -0.496 e. The fourth-order valence-electron chi connectivity index (χ4n) is 5.29. The molecule has 13 heteroatoms. The van der Waals surface area contributed by atoms with Crippen molar-refractivity contribution < 1.29 is 37.0 Å². The number of nitrogens with zero attached hydrogens (tertiary/aromatic N) is 2. The Kier molecular flexibility index (Phi) is 9.75. The van der Waals surface area contributed by atoms with Gasteiger partial charge in [-0.25, -0.2) is 8.42 Å². The molecule has 0 radical (unpaired) electrons. The van der Waals surface area contributed by atoms with Crippen LogP contribution in [-0.4, -0.2) is 70.6 Å². The standard InChI is InChI=1S/C32H34N4O8S/c1-41-28-11-5-21-6-12-31(37)34-18-23-7-8-24(16-29(23)42-2)44-27-13-14-36(19-26(27)35-32(38)20-43-30(28)15-21)45(39,40)25-9-3-22(17-33)4-10-25/h3-5,7-11,15-16,26-27H,6,12-14,18-20H2,1-2H3,(H,34,37)(H,35,38)/t26-,27+/m1/s1. The molecule has 0 aliphatic carbocycles. The SMILES string of the molecule is COc1cc2ccc1CNC(=O)CCc1ccc(OC)c(c1)OCC(=O)N[C@@H]1CN(S(=O)(=O)c3ccc(C#N)cc3)CC[C@@H]1O2. The molecule has 0 aromatic heterocycles. The number of benzene rings is 3. The number of sulfonamides is 1. The van der Waals surface area contributed by atoms with Crippen LogP contribution in [0.25, 0.3) is 0 Å². The van der Waals surface area contributed by atoms with Gasteiger partial charge in [-0.1, -0.05) is 6.07 Å². The van der Waals surface area contributed by atoms with Gasteiger partial charge >= 0.3 is 0 Å². The molecule has 2 amide bonds. The molecule has 1 fully saturated rings. The summed E-state index contributed by atoms with van der Waals surface area (Å²) in [7, 11) is -0.916. The molecule has 6 rings (SSSR count). The third-order valence-corrected chi connectivity index (χ3v) is 9.61. The van der Waals surface area contributed by atoms with E-state index in [1.165, 1.54) is 42.8 Å². The van der Waals surface area contributed by atoms with Crippen LogP contribution >= 0.6 is 0 Å². The van der Waals surface area contributed by atoms with Crippen molar-refractivity contribution in [1.82, 2.24) is 14.9 Å². The Labute approximate surface area is 261 Å². The van der Waals surface area contributed by atoms with E-state index in [0.717, 1.165) is 11.1 Å². The lowest BCUT2D eigenvalue weighted by atomic mass is 10.0. The lowest BCUT2D eigenvalue weighted by molar-refractivity contribution is -0.125. The lowest BCUT2D eigenvalue weighted by Gasteiger charge is -2.38. The maximum Gasteiger partial charge on any atom is 0.258 e. The van der Waals surface area contributed by atoms with Gasteiger partial charge in [-0.2, -0.15) is 9.57 Å². The second kappa shape index (κ2) is 13.9. The first-order chi connectivity index (χ1) is 21.7. The van der Waals surface area contributed by atoms with Gasteiger partial charge in [0.1, 0.15) is 17.6 Å². The Hall–Kier alpha value is -4.80. The number of aryl methyl sites for hydroxylation is 1. The number of piperidine rings is 1. The Morgan fingerprint density at radius 3 is 2.47 bits per heavy atom. The van der Waals surface area contributed by atoms with Crippen molar-refractivity contribution in [3.63, 3.8) is 0 Å². The molecule has 1 saturated heterocycles. The van der Waals surface area contributed by atoms with E-state index in [0.29, 0.717) is 35.0 Å². The first-order valence-electron chi connectivity index (χ1n) is 14.4. The summed E-state index contributed by atoms with van der Waals surface area (Å²) in [6.45, 7) is -0.0299. The zero-order valence-corrected chi connectivity index (χ0v) is 25.8. The molecule has 4 bridgehead atoms. The van der Waals surface area contributed by atoms with E-state index in [1.807, 2.05) is 12.1 Å². The lowest BCUT2D eigenvalue weighted by Crippen LogP contribution is -2.58. The van der Waals surface area contributed by atoms with Gasteiger partial charge in [-0.05, 0) is 60.5 Å². The van der Waals surface area contributed by atoms with Crippen molar-refractivity contribution in [3.05, 3.63) is 77.4 Å². The van der Waals surface area contributed by atoms with Crippen LogP contribution in [0.4, 0.5) is 0 Å². The molecular weight excluding hydrogens is 600 g/mol. The summed E-state index contributed by atoms with van der Waals surface area (Å²) in [4.78, 5) is 25.9. The third-order valence-electron chi connectivity index (χ3n) is 7.73. The summed E-state index contributed by atoms with van der Waals surface area (Å²) < 4.78 is 51.5. The third kappa shape index (κ3) is 7.47. The van der Waals surface area contributed by atoms with Crippen molar-refractivity contribution in [2.24, 2.45) is 0 Å². The Balaban J connectivity index is 1.44. The van der Waals surface area contributed by atoms with Crippen LogP contribution in [0, 0.1) is 11.3 Å². The van der Waals surface area contributed by atoms with Crippen LogP contribution in [0.3, 0.4) is 0 Å². The molecule has 3 heterocycles. The fourth-order valence-corrected chi connectivity index (χ4v) is 6.77. The van der Waals surface area contributed by atoms with Crippen molar-refractivity contribution in [1.29, 1.82) is 5.26 Å². The molecular formula is C32H34N4O8S. The van der Waals surface area contributed by atoms with E-state index in [-0.39, 0.29) is 49.9 Å². The molecule has 0 unspecified atom stereocenters. The number of fused-ring (bicyclic) bond motifs is 9. The number of nitriles is 1. The number of ether oxygens (including phenoxy) is 4. The smallest absolute Gasteiger partial charge is 0.258 e. The zero-order valence-electron chi connectivity index (χ0n) is 24.9. The maximum absolute atomic E-state index is 13.5. The molecule has 236 valence electrons. The van der Waals surface area contributed by atoms with E-state index in [9.17, 15) is 18.0 Å². The normalized spacial score (nSPS) is 19.6. The molecule has 3 aromatic carbocycles. The number of rotatable bonds is 4. The summed E-state index contributed by atoms with van der Waals surface area (Å²) in [6.07, 6.45) is 0.366. The number of amides is 2. The van der Waals surface area contributed by atoms with Crippen molar-refractivity contribution >= 4 is 21.8 Å². The van der Waals surface area contributed by atoms with E-state index in [2.05, 4.69) is 10.6 Å². The quantitative estimate of drug-likeness (QED) is 0.440. The van der Waals surface area contributed by atoms with Gasteiger partial charge in [0.05, 0.1) is 36.8 Å². The van der Waals surface area contributed by atoms with Gasteiger partial charge in [0.25, 0.3) is 5.91 Å². The molecule has 12 nitrogen and oxygen atoms in total. The van der Waals surface area contributed by atoms with Crippen molar-refractivity contribution in [2.75, 3.05) is 33.9 Å². The average molecular weight is 635 g/mol. The van der Waals surface area contributed by atoms with Gasteiger partial charge in [0.15, 0.2) is 18.1 Å². The highest BCUT2D eigenvalue weighted by Gasteiger charge is 2.38. The second-order valence-corrected chi connectivity index (χ2v) is 12.6. The van der Waals surface area contributed by atoms with Crippen molar-refractivity contribution in [2.45, 2.75) is 42.8 Å². The summed E-state index contributed by atoms with van der Waals surface area (Å²) in [5.74, 6) is 1.12. The minimum absolute atomic E-state index is 0.0472. The first kappa shape index (κ1) is 31.6. The van der Waals surface area contributed by atoms with Crippen LogP contribution < -0.4 is 29.6 Å². The Morgan fingerprint density at radius 2 is 1.73 bits per heavy atom. The number of methoxy groups -OCH3 is 2. The van der Waals surface area contributed by atoms with E-state index in [4.69, 9.17) is 24.2 Å². The van der Waals surface area contributed by atoms with Gasteiger partial charge in [-0.15, -0.1) is 0 Å². The summed E-state index contributed by atoms with van der Waals surface area (Å²) >= 11 is 0. The van der Waals surface area contributed by atoms with Crippen LogP contribution in [0.5, 0.6) is 23.0 Å². The second-order valence-electron chi connectivity index (χ2n) is 10.6. The summed E-state index contributed by atoms with van der Waals surface area (Å²) in [5.41, 5.74) is 1.92. The highest BCUT2D eigenvalue weighted by molar-refractivity contribution is 7.89. The fraction of sp³-hybridized carbons (Fsp3) is 0.344. The number of carbonyl (C=O) groups excluding carboxylic acids is 2. The zero-order chi connectivity index (χ0) is 32.0. The Morgan fingerprint density at radius 1 is 0.956 bits per heavy atom. The average Bonchev–Trinajstić information content (AvgIpc) is 3.06. The molecule has 45 heavy (non-hydrogen) atoms. The van der Waals surface area contributed by atoms with Crippen LogP contribution in [-0.2, 0) is 32.6 Å². The highest BCUT2D eigenvalue weighted by atomic mass is 32.2. The number of hydrogen-bond donors (Lipinski definition) is 2. The predicted molar refractivity (Wildman–Crippen MR) is 163 cm³/mol. The van der Waals surface area contributed by atoms with Gasteiger partial charge < -0.3 is 29.6 Å². The van der Waals surface area contributed by atoms with E-state index in [1.54, 1.807) is 30.3 Å². The topological polar surface area (TPSA) is 156 Å². The van der Waals surface area contributed by atoms with Gasteiger partial charge in [0, 0.05) is 44.1 Å². The molecule has 0 spiro atoms. The minimum atomic E-state index is -3.93. The van der Waals surface area contributed by atoms with E-state index >= 15 is 0 Å². The molecule has 3 aliphatic rings. The summed E-state index contributed by atoms with van der Waals surface area (Å²) in [5, 5.41) is 14.9. The first-order valence-corrected chi connectivity index (χ1v) is 15.8. The van der Waals surface area contributed by atoms with Crippen LogP contribution in [0.1, 0.15) is 29.5 Å². The molecule has 3 aromatic rings. The van der Waals surface area contributed by atoms with Gasteiger partial charge in [-0.3, -0.25) is 9.59 Å². The predicted octanol–water partition coefficient (Wildman–Crippen LogP) is 2.54. The monoisotopic (exact) mass is 634 g/mol. The number of hydrogen-bond acceptors (Lipinski definition) is 9. The molecule has 3 aliphatic heterocycles. The van der Waals surface area contributed by atoms with Crippen molar-refractivity contribution in [3.8, 4) is 29.1 Å². The molecule has 2 atom stereocenters. The maximum atomic E-state index is 13.5. The van der Waals surface area contributed by atoms with Gasteiger partial charge in [0.2, 0.25) is 15.9 Å². The van der Waals surface area contributed by atoms with E-state index < -0.39 is 28.1 Å². The summed E-state index contributed by atoms with van der Waals surface area (Å²) in [6, 6.07) is 17.5. The molecule has 0 saturated carbocycles. The number of nitrogens with one attached hydrogen (secondary N) is 2. The highest BCUT2D eigenvalue weighted by Crippen LogP contribution is 2.30. The number of carbonyl (C=O) groups is 2. The largest absolute Gasteiger partial charge is 0.496 e. The molecule has 2 N–H and O–H groups in total. The van der Waals surface area contributed by atoms with Crippen LogP contribution in [0.15, 0.2) is 65.6 Å². The van der Waals surface area contributed by atoms with Crippen LogP contribution in [0.2, 0.25) is 0 Å².